The first-order valence-corrected chi connectivity index (χ1v) is 11.3. The van der Waals surface area contributed by atoms with Crippen LogP contribution in [0.1, 0.15) is 22.4 Å². The lowest BCUT2D eigenvalue weighted by Gasteiger charge is -2.12. The monoisotopic (exact) mass is 454 g/mol. The molecule has 0 unspecified atom stereocenters. The summed E-state index contributed by atoms with van der Waals surface area (Å²) in [5.41, 5.74) is 3.49. The number of amides is 2. The quantitative estimate of drug-likeness (QED) is 0.546. The number of hydrogen-bond donors (Lipinski definition) is 2. The molecule has 1 aromatic heterocycles. The number of halogens is 1. The molecule has 0 aliphatic carbocycles. The van der Waals surface area contributed by atoms with Crippen molar-refractivity contribution in [2.45, 2.75) is 31.0 Å². The van der Waals surface area contributed by atoms with E-state index in [1.807, 2.05) is 24.3 Å². The first-order valence-electron chi connectivity index (χ1n) is 10.1. The standard InChI is InChI=1S/C23H23FN4O3S/c1-31-18-8-4-16(5-9-18)11-25-22(30)12-28-23(19-13-32-14-20(19)27-28)26-21(29)10-15-2-6-17(24)7-3-15/h2-9H,10-14H2,1H3,(H,25,30)(H,26,29). The van der Waals surface area contributed by atoms with Crippen LogP contribution in [0.25, 0.3) is 0 Å². The minimum absolute atomic E-state index is 0.0000170. The van der Waals surface area contributed by atoms with Crippen LogP contribution in [0.3, 0.4) is 0 Å². The third kappa shape index (κ3) is 5.28. The second-order valence-corrected chi connectivity index (χ2v) is 8.39. The molecule has 7 nitrogen and oxygen atoms in total. The Bertz CT molecular complexity index is 1110. The van der Waals surface area contributed by atoms with E-state index in [1.165, 1.54) is 12.1 Å². The molecule has 0 saturated heterocycles. The van der Waals surface area contributed by atoms with E-state index in [1.54, 1.807) is 35.7 Å². The molecule has 0 fully saturated rings. The second-order valence-electron chi connectivity index (χ2n) is 7.40. The van der Waals surface area contributed by atoms with Gasteiger partial charge >= 0.3 is 0 Å². The molecule has 1 aliphatic rings. The molecule has 0 bridgehead atoms. The van der Waals surface area contributed by atoms with Crippen LogP contribution in [-0.2, 0) is 40.6 Å². The minimum atomic E-state index is -0.345. The average molecular weight is 455 g/mol. The van der Waals surface area contributed by atoms with Crippen LogP contribution in [0.5, 0.6) is 5.75 Å². The van der Waals surface area contributed by atoms with Crippen molar-refractivity contribution < 1.29 is 18.7 Å². The van der Waals surface area contributed by atoms with Crippen molar-refractivity contribution >= 4 is 29.4 Å². The number of thioether (sulfide) groups is 1. The summed E-state index contributed by atoms with van der Waals surface area (Å²) in [6.07, 6.45) is 0.108. The van der Waals surface area contributed by atoms with Gasteiger partial charge in [-0.3, -0.25) is 9.59 Å². The molecule has 0 spiro atoms. The maximum atomic E-state index is 13.1. The predicted octanol–water partition coefficient (Wildman–Crippen LogP) is 3.28. The lowest BCUT2D eigenvalue weighted by atomic mass is 10.1. The molecule has 2 heterocycles. The van der Waals surface area contributed by atoms with E-state index in [0.717, 1.165) is 34.1 Å². The highest BCUT2D eigenvalue weighted by atomic mass is 32.2. The van der Waals surface area contributed by atoms with Crippen LogP contribution in [0, 0.1) is 5.82 Å². The summed E-state index contributed by atoms with van der Waals surface area (Å²) in [5, 5.41) is 10.3. The van der Waals surface area contributed by atoms with Crippen molar-refractivity contribution in [2.75, 3.05) is 12.4 Å². The van der Waals surface area contributed by atoms with Crippen LogP contribution in [0.4, 0.5) is 10.2 Å². The number of carbonyl (C=O) groups is 2. The largest absolute Gasteiger partial charge is 0.497 e. The van der Waals surface area contributed by atoms with Gasteiger partial charge in [0.1, 0.15) is 23.9 Å². The molecule has 2 N–H and O–H groups in total. The topological polar surface area (TPSA) is 85.2 Å². The Morgan fingerprint density at radius 2 is 1.78 bits per heavy atom. The SMILES string of the molecule is COc1ccc(CNC(=O)Cn2nc3c(c2NC(=O)Cc2ccc(F)cc2)CSC3)cc1. The van der Waals surface area contributed by atoms with Crippen molar-refractivity contribution in [3.8, 4) is 5.75 Å². The zero-order chi connectivity index (χ0) is 22.5. The van der Waals surface area contributed by atoms with E-state index in [4.69, 9.17) is 4.74 Å². The summed E-state index contributed by atoms with van der Waals surface area (Å²) >= 11 is 1.71. The van der Waals surface area contributed by atoms with Gasteiger partial charge in [0, 0.05) is 23.6 Å². The Kier molecular flexibility index (Phi) is 6.75. The number of nitrogens with one attached hydrogen (secondary N) is 2. The molecule has 0 saturated carbocycles. The van der Waals surface area contributed by atoms with Crippen molar-refractivity contribution in [3.63, 3.8) is 0 Å². The number of anilines is 1. The normalized spacial score (nSPS) is 12.3. The Morgan fingerprint density at radius 1 is 1.06 bits per heavy atom. The van der Waals surface area contributed by atoms with Crippen LogP contribution >= 0.6 is 11.8 Å². The fourth-order valence-corrected chi connectivity index (χ4v) is 4.46. The Morgan fingerprint density at radius 3 is 2.50 bits per heavy atom. The molecule has 166 valence electrons. The fraction of sp³-hybridized carbons (Fsp3) is 0.261. The van der Waals surface area contributed by atoms with E-state index < -0.39 is 0 Å². The number of benzene rings is 2. The van der Waals surface area contributed by atoms with Crippen molar-refractivity contribution in [1.29, 1.82) is 0 Å². The summed E-state index contributed by atoms with van der Waals surface area (Å²) in [6.45, 7) is 0.381. The van der Waals surface area contributed by atoms with Gasteiger partial charge in [-0.15, -0.1) is 0 Å². The van der Waals surface area contributed by atoms with Gasteiger partial charge in [-0.25, -0.2) is 9.07 Å². The molecule has 0 radical (unpaired) electrons. The van der Waals surface area contributed by atoms with Crippen molar-refractivity contribution in [2.24, 2.45) is 0 Å². The first kappa shape index (κ1) is 21.9. The smallest absolute Gasteiger partial charge is 0.242 e. The van der Waals surface area contributed by atoms with Crippen LogP contribution in [0.15, 0.2) is 48.5 Å². The molecule has 4 rings (SSSR count). The number of carbonyl (C=O) groups excluding carboxylic acids is 2. The van der Waals surface area contributed by atoms with E-state index in [-0.39, 0.29) is 30.6 Å². The fourth-order valence-electron chi connectivity index (χ4n) is 3.42. The van der Waals surface area contributed by atoms with Gasteiger partial charge in [0.15, 0.2) is 0 Å². The molecule has 2 amide bonds. The van der Waals surface area contributed by atoms with Gasteiger partial charge in [-0.1, -0.05) is 24.3 Å². The summed E-state index contributed by atoms with van der Waals surface area (Å²) in [7, 11) is 1.60. The van der Waals surface area contributed by atoms with Crippen molar-refractivity contribution in [1.82, 2.24) is 15.1 Å². The van der Waals surface area contributed by atoms with Crippen LogP contribution in [-0.4, -0.2) is 28.7 Å². The van der Waals surface area contributed by atoms with Gasteiger partial charge in [0.25, 0.3) is 0 Å². The lowest BCUT2D eigenvalue weighted by Crippen LogP contribution is -2.29. The molecular weight excluding hydrogens is 431 g/mol. The van der Waals surface area contributed by atoms with E-state index in [2.05, 4.69) is 15.7 Å². The molecule has 1 aliphatic heterocycles. The highest BCUT2D eigenvalue weighted by Crippen LogP contribution is 2.34. The van der Waals surface area contributed by atoms with Crippen LogP contribution < -0.4 is 15.4 Å². The maximum Gasteiger partial charge on any atom is 0.242 e. The number of ether oxygens (including phenoxy) is 1. The lowest BCUT2D eigenvalue weighted by molar-refractivity contribution is -0.122. The summed E-state index contributed by atoms with van der Waals surface area (Å²) in [6, 6.07) is 13.3. The number of aromatic nitrogens is 2. The third-order valence-corrected chi connectivity index (χ3v) is 6.07. The molecule has 2 aromatic carbocycles. The van der Waals surface area contributed by atoms with Gasteiger partial charge in [-0.2, -0.15) is 16.9 Å². The molecule has 0 atom stereocenters. The van der Waals surface area contributed by atoms with Crippen LogP contribution in [0.2, 0.25) is 0 Å². The zero-order valence-corrected chi connectivity index (χ0v) is 18.4. The molecule has 3 aromatic rings. The van der Waals surface area contributed by atoms with E-state index >= 15 is 0 Å². The predicted molar refractivity (Wildman–Crippen MR) is 121 cm³/mol. The number of hydrogen-bond acceptors (Lipinski definition) is 5. The highest BCUT2D eigenvalue weighted by molar-refractivity contribution is 7.98. The second kappa shape index (κ2) is 9.86. The van der Waals surface area contributed by atoms with Gasteiger partial charge < -0.3 is 15.4 Å². The number of nitrogens with zero attached hydrogens (tertiary/aromatic N) is 2. The van der Waals surface area contributed by atoms with Gasteiger partial charge in [0.2, 0.25) is 11.8 Å². The molecule has 32 heavy (non-hydrogen) atoms. The first-order chi connectivity index (χ1) is 15.5. The maximum absolute atomic E-state index is 13.1. The molecule has 9 heteroatoms. The third-order valence-electron chi connectivity index (χ3n) is 5.10. The Labute approximate surface area is 189 Å². The molecular formula is C23H23FN4O3S. The number of methoxy groups -OCH3 is 1. The average Bonchev–Trinajstić information content (AvgIpc) is 3.37. The number of fused-ring (bicyclic) bond motifs is 1. The zero-order valence-electron chi connectivity index (χ0n) is 17.6. The van der Waals surface area contributed by atoms with Crippen molar-refractivity contribution in [3.05, 3.63) is 76.7 Å². The Balaban J connectivity index is 1.40. The number of rotatable bonds is 8. The van der Waals surface area contributed by atoms with E-state index in [9.17, 15) is 14.0 Å². The van der Waals surface area contributed by atoms with E-state index in [0.29, 0.717) is 17.9 Å². The summed E-state index contributed by atoms with van der Waals surface area (Å²) < 4.78 is 19.8. The van der Waals surface area contributed by atoms with Gasteiger partial charge in [0.05, 0.1) is 19.2 Å². The van der Waals surface area contributed by atoms with Gasteiger partial charge in [-0.05, 0) is 35.4 Å². The minimum Gasteiger partial charge on any atom is -0.497 e. The highest BCUT2D eigenvalue weighted by Gasteiger charge is 2.25. The summed E-state index contributed by atoms with van der Waals surface area (Å²) in [4.78, 5) is 25.1. The summed E-state index contributed by atoms with van der Waals surface area (Å²) in [5.74, 6) is 2.00. The Hall–Kier alpha value is -3.33.